The summed E-state index contributed by atoms with van der Waals surface area (Å²) >= 11 is 1.85. The minimum Gasteiger partial charge on any atom is -0.415 e. The highest BCUT2D eigenvalue weighted by Crippen LogP contribution is 2.42. The van der Waals surface area contributed by atoms with Crippen LogP contribution in [0.3, 0.4) is 0 Å². The molecule has 3 rings (SSSR count). The van der Waals surface area contributed by atoms with Crippen LogP contribution in [0.1, 0.15) is 41.5 Å². The van der Waals surface area contributed by atoms with Crippen LogP contribution in [0.4, 0.5) is 0 Å². The van der Waals surface area contributed by atoms with Crippen molar-refractivity contribution < 1.29 is 4.43 Å². The number of rotatable bonds is 9. The van der Waals surface area contributed by atoms with E-state index >= 15 is 0 Å². The zero-order valence-corrected chi connectivity index (χ0v) is 20.2. The topological polar surface area (TPSA) is 39.4 Å². The number of thioether (sulfide) groups is 1. The van der Waals surface area contributed by atoms with Crippen molar-refractivity contribution in [2.75, 3.05) is 12.4 Å². The lowest BCUT2D eigenvalue weighted by Gasteiger charge is -2.42. The fourth-order valence-electron chi connectivity index (χ4n) is 4.67. The van der Waals surface area contributed by atoms with Crippen molar-refractivity contribution in [3.63, 3.8) is 0 Å². The summed E-state index contributed by atoms with van der Waals surface area (Å²) in [7, 11) is -1.81. The van der Waals surface area contributed by atoms with Crippen LogP contribution < -0.4 is 0 Å². The van der Waals surface area contributed by atoms with Gasteiger partial charge in [-0.25, -0.2) is 0 Å². The lowest BCUT2D eigenvalue weighted by Crippen LogP contribution is -2.48. The summed E-state index contributed by atoms with van der Waals surface area (Å²) in [6, 6.07) is 14.4. The first-order valence-corrected chi connectivity index (χ1v) is 13.7. The third-order valence-electron chi connectivity index (χ3n) is 5.84. The molecule has 0 aliphatic rings. The first kappa shape index (κ1) is 22.1. The van der Waals surface area contributed by atoms with Gasteiger partial charge in [0.05, 0.1) is 0 Å². The molecule has 1 aromatic carbocycles. The van der Waals surface area contributed by atoms with Gasteiger partial charge < -0.3 is 4.43 Å². The van der Waals surface area contributed by atoms with E-state index in [9.17, 15) is 0 Å². The average molecular weight is 428 g/mol. The van der Waals surface area contributed by atoms with Gasteiger partial charge >= 0.3 is 0 Å². The molecule has 3 aromatic rings. The molecular weight excluding hydrogens is 394 g/mol. The first-order chi connectivity index (χ1) is 13.9. The summed E-state index contributed by atoms with van der Waals surface area (Å²) in [4.78, 5) is 1.22. The molecule has 0 amide bonds. The van der Waals surface area contributed by atoms with Gasteiger partial charge in [0.25, 0.3) is 0 Å². The van der Waals surface area contributed by atoms with Gasteiger partial charge in [0.2, 0.25) is 0 Å². The van der Waals surface area contributed by atoms with E-state index in [1.165, 1.54) is 4.90 Å². The third kappa shape index (κ3) is 4.44. The van der Waals surface area contributed by atoms with E-state index in [0.29, 0.717) is 16.6 Å². The normalized spacial score (nSPS) is 12.6. The molecule has 29 heavy (non-hydrogen) atoms. The number of hydrogen-bond donors (Lipinski definition) is 0. The zero-order valence-electron chi connectivity index (χ0n) is 18.4. The Balaban J connectivity index is 1.74. The van der Waals surface area contributed by atoms with Crippen LogP contribution in [0, 0.1) is 0 Å². The second-order valence-corrected chi connectivity index (χ2v) is 15.1. The number of hydrogen-bond acceptors (Lipinski definition) is 4. The predicted octanol–water partition coefficient (Wildman–Crippen LogP) is 6.68. The van der Waals surface area contributed by atoms with Crippen molar-refractivity contribution in [2.24, 2.45) is 0 Å². The minimum atomic E-state index is -1.81. The number of nitrogens with zero attached hydrogens (tertiary/aromatic N) is 3. The van der Waals surface area contributed by atoms with Crippen LogP contribution in [0.15, 0.2) is 53.6 Å². The fourth-order valence-corrected chi connectivity index (χ4v) is 11.2. The summed E-state index contributed by atoms with van der Waals surface area (Å²) in [5, 5.41) is 8.75. The molecule has 0 radical (unpaired) electrons. The maximum absolute atomic E-state index is 6.72. The fraction of sp³-hybridized carbons (Fsp3) is 0.478. The lowest BCUT2D eigenvalue weighted by molar-refractivity contribution is 0.300. The molecule has 0 saturated heterocycles. The van der Waals surface area contributed by atoms with Crippen LogP contribution >= 0.6 is 11.8 Å². The summed E-state index contributed by atoms with van der Waals surface area (Å²) in [6.45, 7) is 14.8. The second kappa shape index (κ2) is 9.45. The minimum absolute atomic E-state index is 0.613. The maximum atomic E-state index is 6.72. The highest BCUT2D eigenvalue weighted by atomic mass is 32.2. The predicted molar refractivity (Wildman–Crippen MR) is 126 cm³/mol. The molecule has 4 nitrogen and oxygen atoms in total. The molecule has 2 heterocycles. The van der Waals surface area contributed by atoms with E-state index in [-0.39, 0.29) is 0 Å². The Bertz CT molecular complexity index is 917. The van der Waals surface area contributed by atoms with Crippen LogP contribution in [-0.4, -0.2) is 35.3 Å². The molecule has 0 aliphatic heterocycles. The smallest absolute Gasteiger partial charge is 0.200 e. The molecule has 2 aromatic heterocycles. The van der Waals surface area contributed by atoms with E-state index in [1.807, 2.05) is 40.6 Å². The molecule has 156 valence electrons. The van der Waals surface area contributed by atoms with Crippen molar-refractivity contribution in [1.29, 1.82) is 0 Å². The Kier molecular flexibility index (Phi) is 7.19. The van der Waals surface area contributed by atoms with Crippen LogP contribution in [0.2, 0.25) is 16.6 Å². The highest BCUT2D eigenvalue weighted by molar-refractivity contribution is 7.99. The molecule has 0 saturated carbocycles. The molecule has 0 N–H and O–H groups in total. The van der Waals surface area contributed by atoms with Crippen molar-refractivity contribution in [1.82, 2.24) is 14.6 Å². The van der Waals surface area contributed by atoms with Gasteiger partial charge in [-0.1, -0.05) is 65.8 Å². The molecule has 6 heteroatoms. The average Bonchev–Trinajstić information content (AvgIpc) is 3.11. The van der Waals surface area contributed by atoms with E-state index in [1.54, 1.807) is 0 Å². The first-order valence-electron chi connectivity index (χ1n) is 10.5. The molecular formula is C23H33N3OSSi. The van der Waals surface area contributed by atoms with Crippen LogP contribution in [0.25, 0.3) is 17.0 Å². The van der Waals surface area contributed by atoms with Gasteiger partial charge in [-0.05, 0) is 34.8 Å². The van der Waals surface area contributed by atoms with Crippen molar-refractivity contribution >= 4 is 25.7 Å². The zero-order chi connectivity index (χ0) is 21.0. The second-order valence-electron chi connectivity index (χ2n) is 8.46. The summed E-state index contributed by atoms with van der Waals surface area (Å²) < 4.78 is 8.77. The van der Waals surface area contributed by atoms with E-state index in [2.05, 4.69) is 76.0 Å². The maximum Gasteiger partial charge on any atom is 0.200 e. The number of aromatic nitrogens is 3. The Morgan fingerprint density at radius 1 is 0.897 bits per heavy atom. The Hall–Kier alpha value is -1.63. The quantitative estimate of drug-likeness (QED) is 0.217. The summed E-state index contributed by atoms with van der Waals surface area (Å²) in [5.74, 6) is 1.83. The number of fused-ring (bicyclic) bond motifs is 1. The van der Waals surface area contributed by atoms with Gasteiger partial charge in [0, 0.05) is 29.0 Å². The van der Waals surface area contributed by atoms with Gasteiger partial charge in [-0.15, -0.1) is 22.0 Å². The van der Waals surface area contributed by atoms with Gasteiger partial charge in [0.15, 0.2) is 19.8 Å². The molecule has 0 spiro atoms. The third-order valence-corrected chi connectivity index (χ3v) is 13.0. The van der Waals surface area contributed by atoms with Crippen molar-refractivity contribution in [3.8, 4) is 11.4 Å². The Labute approximate surface area is 180 Å². The largest absolute Gasteiger partial charge is 0.415 e. The van der Waals surface area contributed by atoms with Gasteiger partial charge in [-0.2, -0.15) is 0 Å². The van der Waals surface area contributed by atoms with Crippen LogP contribution in [-0.2, 0) is 4.43 Å². The lowest BCUT2D eigenvalue weighted by atomic mass is 10.2. The molecule has 0 unspecified atom stereocenters. The van der Waals surface area contributed by atoms with Crippen molar-refractivity contribution in [2.45, 2.75) is 63.1 Å². The van der Waals surface area contributed by atoms with Gasteiger partial charge in [0.1, 0.15) is 0 Å². The molecule has 0 bridgehead atoms. The standard InChI is InChI=1S/C23H33N3OSSi/c1-17(2)29(18(3)4,19(5)6)27-15-16-28-21-12-8-7-11-20(21)23-25-24-22-13-9-10-14-26(22)23/h7-14,17-19H,15-16H2,1-6H3. The number of benzene rings is 1. The molecule has 0 atom stereocenters. The monoisotopic (exact) mass is 427 g/mol. The molecule has 0 aliphatic carbocycles. The van der Waals surface area contributed by atoms with Crippen LogP contribution in [0.5, 0.6) is 0 Å². The van der Waals surface area contributed by atoms with E-state index in [4.69, 9.17) is 4.43 Å². The summed E-state index contributed by atoms with van der Waals surface area (Å²) in [6.07, 6.45) is 2.02. The Morgan fingerprint density at radius 2 is 1.55 bits per heavy atom. The van der Waals surface area contributed by atoms with Gasteiger partial charge in [-0.3, -0.25) is 4.40 Å². The number of pyridine rings is 1. The van der Waals surface area contributed by atoms with E-state index in [0.717, 1.165) is 29.4 Å². The SMILES string of the molecule is CC(C)[Si](OCCSc1ccccc1-c1nnc2ccccn12)(C(C)C)C(C)C. The highest BCUT2D eigenvalue weighted by Gasteiger charge is 2.44. The molecule has 0 fully saturated rings. The Morgan fingerprint density at radius 3 is 2.24 bits per heavy atom. The van der Waals surface area contributed by atoms with Crippen molar-refractivity contribution in [3.05, 3.63) is 48.7 Å². The summed E-state index contributed by atoms with van der Waals surface area (Å²) in [5.41, 5.74) is 3.83. The van der Waals surface area contributed by atoms with E-state index < -0.39 is 8.32 Å².